The highest BCUT2D eigenvalue weighted by Gasteiger charge is 2.09. The summed E-state index contributed by atoms with van der Waals surface area (Å²) >= 11 is 0. The molecular weight excluding hydrogens is 312 g/mol. The van der Waals surface area contributed by atoms with Gasteiger partial charge < -0.3 is 15.3 Å². The lowest BCUT2D eigenvalue weighted by atomic mass is 10.2. The number of imidazole rings is 1. The smallest absolute Gasteiger partial charge is 0.267 e. The van der Waals surface area contributed by atoms with Crippen LogP contribution in [0.5, 0.6) is 0 Å². The summed E-state index contributed by atoms with van der Waals surface area (Å²) in [6, 6.07) is 16.0. The minimum Gasteiger partial charge on any atom is -0.351 e. The Morgan fingerprint density at radius 3 is 2.84 bits per heavy atom. The van der Waals surface area contributed by atoms with E-state index in [9.17, 15) is 4.79 Å². The molecule has 3 N–H and O–H groups in total. The van der Waals surface area contributed by atoms with E-state index in [1.165, 1.54) is 5.56 Å². The van der Waals surface area contributed by atoms with Crippen molar-refractivity contribution < 1.29 is 4.79 Å². The second kappa shape index (κ2) is 6.43. The van der Waals surface area contributed by atoms with Crippen LogP contribution in [-0.2, 0) is 6.42 Å². The van der Waals surface area contributed by atoms with Gasteiger partial charge in [0.15, 0.2) is 0 Å². The van der Waals surface area contributed by atoms with Gasteiger partial charge in [-0.05, 0) is 43.2 Å². The number of rotatable bonds is 5. The first-order valence-corrected chi connectivity index (χ1v) is 8.50. The summed E-state index contributed by atoms with van der Waals surface area (Å²) in [7, 11) is 0. The van der Waals surface area contributed by atoms with Crippen LogP contribution in [0, 0.1) is 6.92 Å². The van der Waals surface area contributed by atoms with Crippen molar-refractivity contribution in [1.82, 2.24) is 20.3 Å². The highest BCUT2D eigenvalue weighted by Crippen LogP contribution is 2.17. The molecule has 2 aromatic heterocycles. The molecule has 2 heterocycles. The quantitative estimate of drug-likeness (QED) is 0.487. The zero-order valence-electron chi connectivity index (χ0n) is 14.1. The first-order chi connectivity index (χ1) is 12.2. The van der Waals surface area contributed by atoms with Gasteiger partial charge in [0.1, 0.15) is 11.5 Å². The normalized spacial score (nSPS) is 11.2. The Kier molecular flexibility index (Phi) is 3.98. The molecule has 0 unspecified atom stereocenters. The molecule has 0 saturated heterocycles. The number of hydrogen-bond acceptors (Lipinski definition) is 2. The Balaban J connectivity index is 1.33. The Morgan fingerprint density at radius 2 is 1.96 bits per heavy atom. The molecule has 126 valence electrons. The van der Waals surface area contributed by atoms with Crippen molar-refractivity contribution in [2.75, 3.05) is 6.54 Å². The van der Waals surface area contributed by atoms with E-state index in [4.69, 9.17) is 0 Å². The topological polar surface area (TPSA) is 73.6 Å². The van der Waals surface area contributed by atoms with Crippen LogP contribution >= 0.6 is 0 Å². The molecule has 1 amide bonds. The summed E-state index contributed by atoms with van der Waals surface area (Å²) in [5.41, 5.74) is 4.80. The number of benzene rings is 2. The molecule has 4 rings (SSSR count). The van der Waals surface area contributed by atoms with Crippen molar-refractivity contribution in [1.29, 1.82) is 0 Å². The fourth-order valence-corrected chi connectivity index (χ4v) is 3.04. The first-order valence-electron chi connectivity index (χ1n) is 8.50. The number of nitrogens with zero attached hydrogens (tertiary/aromatic N) is 1. The van der Waals surface area contributed by atoms with Gasteiger partial charge >= 0.3 is 0 Å². The first kappa shape index (κ1) is 15.4. The number of aromatic nitrogens is 3. The second-order valence-corrected chi connectivity index (χ2v) is 6.33. The van der Waals surface area contributed by atoms with Crippen LogP contribution < -0.4 is 5.32 Å². The Morgan fingerprint density at radius 1 is 1.08 bits per heavy atom. The zero-order valence-corrected chi connectivity index (χ0v) is 14.1. The standard InChI is InChI=1S/C20H20N4O/c1-13-8-9-14-12-18(22-17(14)11-13)20(25)21-10-4-7-19-23-15-5-2-3-6-16(15)24-19/h2-3,5-6,8-9,11-12,22H,4,7,10H2,1H3,(H,21,25)(H,23,24). The van der Waals surface area contributed by atoms with Crippen molar-refractivity contribution in [3.8, 4) is 0 Å². The van der Waals surface area contributed by atoms with E-state index >= 15 is 0 Å². The fourth-order valence-electron chi connectivity index (χ4n) is 3.04. The Labute approximate surface area is 145 Å². The van der Waals surface area contributed by atoms with Gasteiger partial charge in [-0.25, -0.2) is 4.98 Å². The van der Waals surface area contributed by atoms with Crippen molar-refractivity contribution in [3.05, 3.63) is 65.6 Å². The van der Waals surface area contributed by atoms with E-state index in [1.807, 2.05) is 55.5 Å². The molecule has 0 bridgehead atoms. The van der Waals surface area contributed by atoms with E-state index in [0.29, 0.717) is 12.2 Å². The third kappa shape index (κ3) is 3.26. The summed E-state index contributed by atoms with van der Waals surface area (Å²) in [5, 5.41) is 4.02. The second-order valence-electron chi connectivity index (χ2n) is 6.33. The van der Waals surface area contributed by atoms with Crippen LogP contribution in [0.4, 0.5) is 0 Å². The number of amides is 1. The molecule has 4 aromatic rings. The third-order valence-corrected chi connectivity index (χ3v) is 4.34. The molecule has 25 heavy (non-hydrogen) atoms. The lowest BCUT2D eigenvalue weighted by Crippen LogP contribution is -2.25. The molecule has 5 heteroatoms. The fraction of sp³-hybridized carbons (Fsp3) is 0.200. The van der Waals surface area contributed by atoms with Gasteiger partial charge in [-0.2, -0.15) is 0 Å². The average molecular weight is 332 g/mol. The van der Waals surface area contributed by atoms with Crippen LogP contribution in [0.3, 0.4) is 0 Å². The van der Waals surface area contributed by atoms with E-state index in [2.05, 4.69) is 20.3 Å². The number of carbonyl (C=O) groups excluding carboxylic acids is 1. The monoisotopic (exact) mass is 332 g/mol. The van der Waals surface area contributed by atoms with Crippen molar-refractivity contribution in [2.24, 2.45) is 0 Å². The number of aromatic amines is 2. The van der Waals surface area contributed by atoms with Crippen LogP contribution in [0.25, 0.3) is 21.9 Å². The largest absolute Gasteiger partial charge is 0.351 e. The highest BCUT2D eigenvalue weighted by molar-refractivity contribution is 5.98. The van der Waals surface area contributed by atoms with E-state index in [-0.39, 0.29) is 5.91 Å². The van der Waals surface area contributed by atoms with Gasteiger partial charge in [0.05, 0.1) is 11.0 Å². The highest BCUT2D eigenvalue weighted by atomic mass is 16.1. The maximum absolute atomic E-state index is 12.3. The van der Waals surface area contributed by atoms with Gasteiger partial charge in [-0.15, -0.1) is 0 Å². The number of para-hydroxylation sites is 2. The minimum absolute atomic E-state index is 0.0709. The van der Waals surface area contributed by atoms with E-state index in [0.717, 1.165) is 40.6 Å². The number of aryl methyl sites for hydroxylation is 2. The maximum atomic E-state index is 12.3. The number of carbonyl (C=O) groups is 1. The molecule has 0 aliphatic rings. The van der Waals surface area contributed by atoms with Crippen molar-refractivity contribution >= 4 is 27.8 Å². The van der Waals surface area contributed by atoms with Gasteiger partial charge in [0.25, 0.3) is 5.91 Å². The average Bonchev–Trinajstić information content (AvgIpc) is 3.21. The molecule has 0 atom stereocenters. The summed E-state index contributed by atoms with van der Waals surface area (Å²) in [4.78, 5) is 23.3. The summed E-state index contributed by atoms with van der Waals surface area (Å²) in [6.07, 6.45) is 1.64. The Bertz CT molecular complexity index is 1010. The van der Waals surface area contributed by atoms with Gasteiger partial charge in [-0.1, -0.05) is 24.3 Å². The van der Waals surface area contributed by atoms with Crippen molar-refractivity contribution in [2.45, 2.75) is 19.8 Å². The molecule has 0 aliphatic heterocycles. The SMILES string of the molecule is Cc1ccc2cc(C(=O)NCCCc3nc4ccccc4[nH]3)[nH]c2c1. The number of hydrogen-bond donors (Lipinski definition) is 3. The lowest BCUT2D eigenvalue weighted by Gasteiger charge is -2.02. The molecule has 0 aliphatic carbocycles. The van der Waals surface area contributed by atoms with Crippen molar-refractivity contribution in [3.63, 3.8) is 0 Å². The minimum atomic E-state index is -0.0709. The Hall–Kier alpha value is -3.08. The predicted molar refractivity (Wildman–Crippen MR) is 99.8 cm³/mol. The molecule has 0 radical (unpaired) electrons. The number of fused-ring (bicyclic) bond motifs is 2. The zero-order chi connectivity index (χ0) is 17.2. The van der Waals surface area contributed by atoms with E-state index in [1.54, 1.807) is 0 Å². The molecule has 0 spiro atoms. The van der Waals surface area contributed by atoms with Crippen LogP contribution in [0.2, 0.25) is 0 Å². The molecule has 0 fully saturated rings. The molecular formula is C20H20N4O. The summed E-state index contributed by atoms with van der Waals surface area (Å²) in [6.45, 7) is 2.66. The summed E-state index contributed by atoms with van der Waals surface area (Å²) < 4.78 is 0. The number of nitrogens with one attached hydrogen (secondary N) is 3. The molecule has 0 saturated carbocycles. The third-order valence-electron chi connectivity index (χ3n) is 4.34. The number of H-pyrrole nitrogens is 2. The van der Waals surface area contributed by atoms with Gasteiger partial charge in [0.2, 0.25) is 0 Å². The predicted octanol–water partition coefficient (Wildman–Crippen LogP) is 3.72. The maximum Gasteiger partial charge on any atom is 0.267 e. The van der Waals surface area contributed by atoms with E-state index < -0.39 is 0 Å². The van der Waals surface area contributed by atoms with Gasteiger partial charge in [0, 0.05) is 23.9 Å². The molecule has 2 aromatic carbocycles. The summed E-state index contributed by atoms with van der Waals surface area (Å²) in [5.74, 6) is 0.884. The van der Waals surface area contributed by atoms with Crippen LogP contribution in [0.15, 0.2) is 48.5 Å². The molecule has 5 nitrogen and oxygen atoms in total. The van der Waals surface area contributed by atoms with Crippen LogP contribution in [-0.4, -0.2) is 27.4 Å². The van der Waals surface area contributed by atoms with Crippen LogP contribution in [0.1, 0.15) is 28.3 Å². The van der Waals surface area contributed by atoms with Gasteiger partial charge in [-0.3, -0.25) is 4.79 Å². The lowest BCUT2D eigenvalue weighted by molar-refractivity contribution is 0.0949.